The van der Waals surface area contributed by atoms with Crippen LogP contribution in [0.4, 0.5) is 0 Å². The van der Waals surface area contributed by atoms with Gasteiger partial charge in [0.05, 0.1) is 0 Å². The van der Waals surface area contributed by atoms with E-state index >= 15 is 0 Å². The van der Waals surface area contributed by atoms with Crippen LogP contribution in [0.15, 0.2) is 35.9 Å². The van der Waals surface area contributed by atoms with Crippen molar-refractivity contribution in [1.82, 2.24) is 30.3 Å². The molecular weight excluding hydrogens is 312 g/mol. The summed E-state index contributed by atoms with van der Waals surface area (Å²) in [6.07, 6.45) is 15.5. The summed E-state index contributed by atoms with van der Waals surface area (Å²) < 4.78 is 0. The van der Waals surface area contributed by atoms with E-state index in [-0.39, 0.29) is 11.5 Å². The lowest BCUT2D eigenvalue weighted by molar-refractivity contribution is -0.262. The van der Waals surface area contributed by atoms with E-state index in [2.05, 4.69) is 0 Å². The first-order chi connectivity index (χ1) is 11.7. The number of hydrazine groups is 4. The summed E-state index contributed by atoms with van der Waals surface area (Å²) in [5.41, 5.74) is 0.0428. The van der Waals surface area contributed by atoms with Crippen molar-refractivity contribution in [1.29, 1.82) is 31.6 Å². The molecule has 0 aromatic heterocycles. The van der Waals surface area contributed by atoms with Crippen LogP contribution in [0.2, 0.25) is 0 Å². The third-order valence-electron chi connectivity index (χ3n) is 2.79. The first-order valence-corrected chi connectivity index (χ1v) is 5.95. The van der Waals surface area contributed by atoms with Crippen molar-refractivity contribution in [3.63, 3.8) is 0 Å². The second kappa shape index (κ2) is 6.16. The van der Waals surface area contributed by atoms with Gasteiger partial charge in [-0.2, -0.15) is 31.6 Å². The topological polar surface area (TPSA) is 162 Å². The Bertz CT molecular complexity index is 843. The highest BCUT2D eigenvalue weighted by atomic mass is 16.1. The Balaban J connectivity index is 2.78. The molecule has 0 unspecified atom stereocenters. The molecule has 1 saturated heterocycles. The zero-order valence-corrected chi connectivity index (χ0v) is 11.7. The van der Waals surface area contributed by atoms with Gasteiger partial charge in [-0.1, -0.05) is 21.4 Å². The maximum atomic E-state index is 9.37. The van der Waals surface area contributed by atoms with Crippen LogP contribution in [-0.4, -0.2) is 30.3 Å². The van der Waals surface area contributed by atoms with E-state index in [1.807, 2.05) is 6.19 Å². The van der Waals surface area contributed by atoms with Gasteiger partial charge in [-0.25, -0.2) is 0 Å². The molecule has 0 amide bonds. The molecule has 1 fully saturated rings. The molecule has 0 aliphatic carbocycles. The number of rotatable bonds is 0. The average molecular weight is 316 g/mol. The van der Waals surface area contributed by atoms with Gasteiger partial charge in [0.1, 0.15) is 5.70 Å². The first-order valence-electron chi connectivity index (χ1n) is 5.95. The van der Waals surface area contributed by atoms with E-state index in [0.717, 1.165) is 4.90 Å². The summed E-state index contributed by atoms with van der Waals surface area (Å²) >= 11 is 0. The van der Waals surface area contributed by atoms with E-state index in [9.17, 15) is 26.3 Å². The molecule has 12 heteroatoms. The Morgan fingerprint density at radius 1 is 0.625 bits per heavy atom. The lowest BCUT2D eigenvalue weighted by Gasteiger charge is -2.44. The monoisotopic (exact) mass is 316 g/mol. The summed E-state index contributed by atoms with van der Waals surface area (Å²) in [5, 5.41) is 58.0. The average Bonchev–Trinajstić information content (AvgIpc) is 2.64. The summed E-state index contributed by atoms with van der Waals surface area (Å²) in [6, 6.07) is 0. The van der Waals surface area contributed by atoms with Crippen molar-refractivity contribution in [3.05, 3.63) is 35.9 Å². The Morgan fingerprint density at radius 2 is 1.17 bits per heavy atom. The fraction of sp³-hybridized carbons (Fsp3) is 0. The molecule has 12 nitrogen and oxygen atoms in total. The Kier molecular flexibility index (Phi) is 3.94. The Morgan fingerprint density at radius 3 is 1.58 bits per heavy atom. The zero-order chi connectivity index (χ0) is 17.7. The molecule has 0 bridgehead atoms. The van der Waals surface area contributed by atoms with Gasteiger partial charge in [0, 0.05) is 6.20 Å². The van der Waals surface area contributed by atoms with Crippen LogP contribution in [0.3, 0.4) is 0 Å². The molecule has 2 heterocycles. The van der Waals surface area contributed by atoms with E-state index < -0.39 is 0 Å². The van der Waals surface area contributed by atoms with Crippen molar-refractivity contribution < 1.29 is 0 Å². The van der Waals surface area contributed by atoms with Gasteiger partial charge in [-0.05, 0) is 12.2 Å². The molecular formula is C12H4N12. The minimum atomic E-state index is -0.281. The molecule has 0 saturated carbocycles. The molecule has 2 aliphatic rings. The normalized spacial score (nSPS) is 15.9. The van der Waals surface area contributed by atoms with Crippen LogP contribution in [0.25, 0.3) is 0 Å². The Hall–Kier alpha value is -5.04. The Labute approximate surface area is 135 Å². The predicted octanol–water partition coefficient (Wildman–Crippen LogP) is -0.389. The third kappa shape index (κ3) is 2.05. The number of allylic oxidation sites excluding steroid dienone is 3. The number of hydrogen-bond acceptors (Lipinski definition) is 12. The summed E-state index contributed by atoms with van der Waals surface area (Å²) in [5.74, 6) is -0.281. The highest BCUT2D eigenvalue weighted by Gasteiger charge is 2.44. The molecule has 2 aliphatic heterocycles. The SMILES string of the molecule is N#CN1C=CC=CC1=C1N(C#N)N(C#N)N(C#N)N(C#N)N1C#N. The van der Waals surface area contributed by atoms with Gasteiger partial charge in [0.25, 0.3) is 0 Å². The smallest absolute Gasteiger partial charge is 0.226 e. The maximum Gasteiger partial charge on any atom is 0.226 e. The van der Waals surface area contributed by atoms with Crippen LogP contribution in [0.5, 0.6) is 0 Å². The van der Waals surface area contributed by atoms with Crippen LogP contribution in [0, 0.1) is 68.7 Å². The van der Waals surface area contributed by atoms with E-state index in [0.29, 0.717) is 25.4 Å². The molecule has 0 aromatic rings. The molecule has 24 heavy (non-hydrogen) atoms. The zero-order valence-electron chi connectivity index (χ0n) is 11.7. The minimum absolute atomic E-state index is 0.0428. The summed E-state index contributed by atoms with van der Waals surface area (Å²) in [7, 11) is 0. The van der Waals surface area contributed by atoms with Gasteiger partial charge < -0.3 is 0 Å². The van der Waals surface area contributed by atoms with E-state index in [4.69, 9.17) is 5.26 Å². The van der Waals surface area contributed by atoms with Crippen molar-refractivity contribution in [2.75, 3.05) is 0 Å². The first kappa shape index (κ1) is 15.4. The highest BCUT2D eigenvalue weighted by molar-refractivity contribution is 5.35. The van der Waals surface area contributed by atoms with Gasteiger partial charge in [0.15, 0.2) is 6.19 Å². The summed E-state index contributed by atoms with van der Waals surface area (Å²) in [4.78, 5) is 1.02. The highest BCUT2D eigenvalue weighted by Crippen LogP contribution is 2.29. The quantitative estimate of drug-likeness (QED) is 0.532. The minimum Gasteiger partial charge on any atom is -0.251 e. The fourth-order valence-corrected chi connectivity index (χ4v) is 1.89. The maximum absolute atomic E-state index is 9.37. The standard InChI is InChI=1S/C12H4N12/c13-5-19-4-2-1-3-11(19)12-20(6-14)22(8-16)24(10-18)23(9-17)21(12)7-15/h1-4H. The van der Waals surface area contributed by atoms with E-state index in [1.54, 1.807) is 24.8 Å². The molecule has 112 valence electrons. The molecule has 0 N–H and O–H groups in total. The fourth-order valence-electron chi connectivity index (χ4n) is 1.89. The number of hydrogen-bond donors (Lipinski definition) is 0. The largest absolute Gasteiger partial charge is 0.251 e. The number of nitrogens with zero attached hydrogens (tertiary/aromatic N) is 12. The molecule has 0 radical (unpaired) electrons. The van der Waals surface area contributed by atoms with Crippen molar-refractivity contribution in [3.8, 4) is 37.2 Å². The van der Waals surface area contributed by atoms with Crippen LogP contribution >= 0.6 is 0 Å². The van der Waals surface area contributed by atoms with Crippen molar-refractivity contribution >= 4 is 0 Å². The van der Waals surface area contributed by atoms with Gasteiger partial charge >= 0.3 is 0 Å². The second-order valence-electron chi connectivity index (χ2n) is 3.87. The van der Waals surface area contributed by atoms with Crippen LogP contribution in [0.1, 0.15) is 0 Å². The van der Waals surface area contributed by atoms with E-state index in [1.165, 1.54) is 30.6 Å². The molecule has 0 spiro atoms. The molecule has 2 rings (SSSR count). The van der Waals surface area contributed by atoms with Crippen LogP contribution < -0.4 is 0 Å². The predicted molar refractivity (Wildman–Crippen MR) is 70.0 cm³/mol. The van der Waals surface area contributed by atoms with Gasteiger partial charge in [0.2, 0.25) is 36.8 Å². The van der Waals surface area contributed by atoms with Crippen molar-refractivity contribution in [2.24, 2.45) is 0 Å². The third-order valence-corrected chi connectivity index (χ3v) is 2.79. The summed E-state index contributed by atoms with van der Waals surface area (Å²) in [6.45, 7) is 0. The lowest BCUT2D eigenvalue weighted by Crippen LogP contribution is -2.64. The van der Waals surface area contributed by atoms with Gasteiger partial charge in [-0.3, -0.25) is 4.90 Å². The second-order valence-corrected chi connectivity index (χ2v) is 3.87. The van der Waals surface area contributed by atoms with Crippen molar-refractivity contribution in [2.45, 2.75) is 0 Å². The lowest BCUT2D eigenvalue weighted by atomic mass is 10.2. The molecule has 0 aromatic carbocycles. The van der Waals surface area contributed by atoms with Gasteiger partial charge in [-0.15, -0.1) is 10.0 Å². The molecule has 0 atom stereocenters. The van der Waals surface area contributed by atoms with Crippen LogP contribution in [-0.2, 0) is 0 Å². The number of nitriles is 6.